The topological polar surface area (TPSA) is 53.4 Å². The number of hydrogen-bond donors (Lipinski definition) is 2. The summed E-state index contributed by atoms with van der Waals surface area (Å²) in [5.41, 5.74) is -0.653. The first-order valence-corrected chi connectivity index (χ1v) is 3.18. The minimum Gasteiger partial charge on any atom is -0.508 e. The van der Waals surface area contributed by atoms with Crippen molar-refractivity contribution in [3.63, 3.8) is 0 Å². The van der Waals surface area contributed by atoms with Crippen molar-refractivity contribution in [3.05, 3.63) is 17.8 Å². The van der Waals surface area contributed by atoms with E-state index in [4.69, 9.17) is 10.2 Å². The van der Waals surface area contributed by atoms with Crippen LogP contribution in [-0.2, 0) is 5.92 Å². The molecule has 0 saturated heterocycles. The van der Waals surface area contributed by atoms with Crippen LogP contribution < -0.4 is 0 Å². The van der Waals surface area contributed by atoms with Crippen LogP contribution >= 0.6 is 0 Å². The standard InChI is InChI=1S/C7H7F2NO2/c1-7(8,9)5-2-4(11)3-6(12)10-5/h2-3H,1H3,(H2,10,11,12). The van der Waals surface area contributed by atoms with Crippen molar-refractivity contribution in [3.8, 4) is 11.6 Å². The molecule has 1 heterocycles. The van der Waals surface area contributed by atoms with Gasteiger partial charge in [0.25, 0.3) is 5.92 Å². The lowest BCUT2D eigenvalue weighted by molar-refractivity contribution is 0.0120. The molecular weight excluding hydrogens is 168 g/mol. The van der Waals surface area contributed by atoms with Crippen molar-refractivity contribution < 1.29 is 19.0 Å². The maximum Gasteiger partial charge on any atom is 0.287 e. The van der Waals surface area contributed by atoms with E-state index in [0.29, 0.717) is 6.92 Å². The first kappa shape index (κ1) is 8.70. The summed E-state index contributed by atoms with van der Waals surface area (Å²) < 4.78 is 25.1. The first-order valence-electron chi connectivity index (χ1n) is 3.18. The number of pyridine rings is 1. The maximum absolute atomic E-state index is 12.5. The molecular formula is C7H7F2NO2. The molecule has 0 aromatic carbocycles. The lowest BCUT2D eigenvalue weighted by Gasteiger charge is -2.09. The minimum absolute atomic E-state index is 0.431. The molecule has 0 amide bonds. The van der Waals surface area contributed by atoms with Crippen LogP contribution in [0.1, 0.15) is 12.6 Å². The van der Waals surface area contributed by atoms with E-state index in [1.807, 2.05) is 0 Å². The first-order chi connectivity index (χ1) is 5.39. The van der Waals surface area contributed by atoms with E-state index >= 15 is 0 Å². The summed E-state index contributed by atoms with van der Waals surface area (Å²) in [6.07, 6.45) is 0. The summed E-state index contributed by atoms with van der Waals surface area (Å²) in [7, 11) is 0. The molecule has 0 unspecified atom stereocenters. The molecule has 12 heavy (non-hydrogen) atoms. The molecule has 0 atom stereocenters. The van der Waals surface area contributed by atoms with Crippen LogP contribution in [0, 0.1) is 0 Å². The predicted molar refractivity (Wildman–Crippen MR) is 37.1 cm³/mol. The Labute approximate surface area is 67.3 Å². The third kappa shape index (κ3) is 1.81. The molecule has 66 valence electrons. The van der Waals surface area contributed by atoms with Crippen LogP contribution in [0.5, 0.6) is 11.6 Å². The van der Waals surface area contributed by atoms with Gasteiger partial charge in [0.15, 0.2) is 0 Å². The van der Waals surface area contributed by atoms with E-state index < -0.39 is 23.2 Å². The van der Waals surface area contributed by atoms with Gasteiger partial charge in [-0.1, -0.05) is 0 Å². The lowest BCUT2D eigenvalue weighted by Crippen LogP contribution is -2.09. The number of halogens is 2. The smallest absolute Gasteiger partial charge is 0.287 e. The highest BCUT2D eigenvalue weighted by atomic mass is 19.3. The van der Waals surface area contributed by atoms with E-state index in [1.165, 1.54) is 0 Å². The van der Waals surface area contributed by atoms with Crippen LogP contribution in [0.2, 0.25) is 0 Å². The van der Waals surface area contributed by atoms with Gasteiger partial charge in [-0.2, -0.15) is 8.78 Å². The van der Waals surface area contributed by atoms with E-state index in [-0.39, 0.29) is 0 Å². The molecule has 3 nitrogen and oxygen atoms in total. The van der Waals surface area contributed by atoms with E-state index in [1.54, 1.807) is 0 Å². The third-order valence-electron chi connectivity index (χ3n) is 1.25. The van der Waals surface area contributed by atoms with E-state index in [9.17, 15) is 8.78 Å². The molecule has 0 bridgehead atoms. The Morgan fingerprint density at radius 1 is 1.33 bits per heavy atom. The van der Waals surface area contributed by atoms with Gasteiger partial charge in [-0.15, -0.1) is 0 Å². The van der Waals surface area contributed by atoms with Gasteiger partial charge in [-0.25, -0.2) is 4.98 Å². The normalized spacial score (nSPS) is 11.6. The van der Waals surface area contributed by atoms with Gasteiger partial charge < -0.3 is 10.2 Å². The fraction of sp³-hybridized carbons (Fsp3) is 0.286. The summed E-state index contributed by atoms with van der Waals surface area (Å²) in [6.45, 7) is 0.633. The molecule has 0 aliphatic carbocycles. The zero-order valence-corrected chi connectivity index (χ0v) is 6.25. The lowest BCUT2D eigenvalue weighted by atomic mass is 10.2. The molecule has 0 fully saturated rings. The van der Waals surface area contributed by atoms with Gasteiger partial charge in [0.2, 0.25) is 5.88 Å². The second-order valence-electron chi connectivity index (χ2n) is 2.46. The highest BCUT2D eigenvalue weighted by Crippen LogP contribution is 2.29. The number of alkyl halides is 2. The molecule has 0 spiro atoms. The molecule has 0 saturated carbocycles. The summed E-state index contributed by atoms with van der Waals surface area (Å²) in [6, 6.07) is 1.69. The number of aromatic hydroxyl groups is 2. The van der Waals surface area contributed by atoms with Crippen LogP contribution in [0.4, 0.5) is 8.78 Å². The molecule has 5 heteroatoms. The zero-order valence-electron chi connectivity index (χ0n) is 6.25. The Morgan fingerprint density at radius 2 is 1.92 bits per heavy atom. The second-order valence-corrected chi connectivity index (χ2v) is 2.46. The number of hydrogen-bond acceptors (Lipinski definition) is 3. The zero-order chi connectivity index (χ0) is 9.35. The molecule has 0 radical (unpaired) electrons. The van der Waals surface area contributed by atoms with E-state index in [2.05, 4.69) is 4.98 Å². The van der Waals surface area contributed by atoms with Crippen molar-refractivity contribution in [2.75, 3.05) is 0 Å². The molecule has 2 N–H and O–H groups in total. The predicted octanol–water partition coefficient (Wildman–Crippen LogP) is 1.60. The van der Waals surface area contributed by atoms with Crippen molar-refractivity contribution in [2.24, 2.45) is 0 Å². The summed E-state index contributed by atoms with van der Waals surface area (Å²) in [5.74, 6) is -4.21. The third-order valence-corrected chi connectivity index (χ3v) is 1.25. The van der Waals surface area contributed by atoms with Gasteiger partial charge >= 0.3 is 0 Å². The summed E-state index contributed by atoms with van der Waals surface area (Å²) in [5, 5.41) is 17.6. The molecule has 1 aromatic heterocycles. The molecule has 1 rings (SSSR count). The Hall–Kier alpha value is -1.39. The minimum atomic E-state index is -3.16. The monoisotopic (exact) mass is 175 g/mol. The van der Waals surface area contributed by atoms with Gasteiger partial charge in [0.05, 0.1) is 0 Å². The Kier molecular flexibility index (Phi) is 1.87. The highest BCUT2D eigenvalue weighted by Gasteiger charge is 2.27. The molecule has 1 aromatic rings. The van der Waals surface area contributed by atoms with Gasteiger partial charge in [0, 0.05) is 19.1 Å². The van der Waals surface area contributed by atoms with Crippen LogP contribution in [-0.4, -0.2) is 15.2 Å². The van der Waals surface area contributed by atoms with Crippen molar-refractivity contribution in [2.45, 2.75) is 12.8 Å². The summed E-state index contributed by atoms with van der Waals surface area (Å²) >= 11 is 0. The van der Waals surface area contributed by atoms with Crippen molar-refractivity contribution >= 4 is 0 Å². The average molecular weight is 175 g/mol. The van der Waals surface area contributed by atoms with Crippen LogP contribution in [0.15, 0.2) is 12.1 Å². The quantitative estimate of drug-likeness (QED) is 0.681. The molecule has 0 aliphatic rings. The number of aromatic nitrogens is 1. The fourth-order valence-electron chi connectivity index (χ4n) is 0.727. The molecule has 0 aliphatic heterocycles. The van der Waals surface area contributed by atoms with Crippen LogP contribution in [0.25, 0.3) is 0 Å². The highest BCUT2D eigenvalue weighted by molar-refractivity contribution is 5.29. The van der Waals surface area contributed by atoms with Crippen molar-refractivity contribution in [1.29, 1.82) is 0 Å². The van der Waals surface area contributed by atoms with E-state index in [0.717, 1.165) is 12.1 Å². The van der Waals surface area contributed by atoms with Crippen LogP contribution in [0.3, 0.4) is 0 Å². The average Bonchev–Trinajstić information content (AvgIpc) is 1.82. The maximum atomic E-state index is 12.5. The Morgan fingerprint density at radius 3 is 2.33 bits per heavy atom. The SMILES string of the molecule is CC(F)(F)c1cc(O)cc(O)n1. The largest absolute Gasteiger partial charge is 0.508 e. The number of rotatable bonds is 1. The van der Waals surface area contributed by atoms with Crippen molar-refractivity contribution in [1.82, 2.24) is 4.98 Å². The Bertz CT molecular complexity index is 276. The van der Waals surface area contributed by atoms with Gasteiger partial charge in [-0.05, 0) is 0 Å². The second kappa shape index (κ2) is 2.58. The van der Waals surface area contributed by atoms with Gasteiger partial charge in [0.1, 0.15) is 11.4 Å². The Balaban J connectivity index is 3.18. The summed E-state index contributed by atoms with van der Waals surface area (Å²) in [4.78, 5) is 3.15. The number of nitrogens with zero attached hydrogens (tertiary/aromatic N) is 1. The van der Waals surface area contributed by atoms with Gasteiger partial charge in [-0.3, -0.25) is 0 Å². The fourth-order valence-corrected chi connectivity index (χ4v) is 0.727.